The number of ether oxygens (including phenoxy) is 1. The molecule has 0 bridgehead atoms. The second-order valence-electron chi connectivity index (χ2n) is 2.93. The Morgan fingerprint density at radius 2 is 1.87 bits per heavy atom. The van der Waals surface area contributed by atoms with E-state index in [-0.39, 0.29) is 5.76 Å². The van der Waals surface area contributed by atoms with Crippen LogP contribution in [0.3, 0.4) is 0 Å². The van der Waals surface area contributed by atoms with Gasteiger partial charge < -0.3 is 9.84 Å². The minimum Gasteiger partial charge on any atom is -0.504 e. The molecule has 0 saturated heterocycles. The molecule has 0 aromatic heterocycles. The van der Waals surface area contributed by atoms with Gasteiger partial charge in [0.1, 0.15) is 6.61 Å². The molecule has 0 heterocycles. The Morgan fingerprint density at radius 1 is 1.20 bits per heavy atom. The molecule has 0 fully saturated rings. The van der Waals surface area contributed by atoms with E-state index in [0.29, 0.717) is 12.4 Å². The third-order valence-corrected chi connectivity index (χ3v) is 1.87. The van der Waals surface area contributed by atoms with Crippen molar-refractivity contribution in [2.45, 2.75) is 6.61 Å². The van der Waals surface area contributed by atoms with E-state index >= 15 is 0 Å². The van der Waals surface area contributed by atoms with Crippen LogP contribution >= 0.6 is 0 Å². The number of hydrogen-bond donors (Lipinski definition) is 1. The van der Waals surface area contributed by atoms with E-state index in [1.54, 1.807) is 0 Å². The van der Waals surface area contributed by atoms with Crippen molar-refractivity contribution in [3.63, 3.8) is 0 Å². The number of benzene rings is 1. The van der Waals surface area contributed by atoms with Crippen LogP contribution in [0.1, 0.15) is 5.56 Å². The SMILES string of the molecule is C=C/C(O)=C(\C=C)OCc1ccccc1. The Bertz CT molecular complexity index is 363. The largest absolute Gasteiger partial charge is 0.504 e. The van der Waals surface area contributed by atoms with Gasteiger partial charge in [0.25, 0.3) is 0 Å². The Morgan fingerprint density at radius 3 is 2.40 bits per heavy atom. The number of rotatable bonds is 5. The molecule has 0 amide bonds. The summed E-state index contributed by atoms with van der Waals surface area (Å²) in [4.78, 5) is 0. The Hall–Kier alpha value is -1.96. The summed E-state index contributed by atoms with van der Waals surface area (Å²) >= 11 is 0. The first kappa shape index (κ1) is 11.1. The molecule has 0 radical (unpaired) electrons. The summed E-state index contributed by atoms with van der Waals surface area (Å²) in [6.07, 6.45) is 2.78. The lowest BCUT2D eigenvalue weighted by Crippen LogP contribution is -1.94. The summed E-state index contributed by atoms with van der Waals surface area (Å²) in [6.45, 7) is 7.40. The van der Waals surface area contributed by atoms with Crippen LogP contribution in [0.2, 0.25) is 0 Å². The molecule has 1 rings (SSSR count). The Kier molecular flexibility index (Phi) is 4.23. The van der Waals surface area contributed by atoms with Crippen molar-refractivity contribution in [1.29, 1.82) is 0 Å². The topological polar surface area (TPSA) is 29.5 Å². The van der Waals surface area contributed by atoms with Crippen LogP contribution in [0.4, 0.5) is 0 Å². The quantitative estimate of drug-likeness (QED) is 0.586. The minimum atomic E-state index is 0.000862. The summed E-state index contributed by atoms with van der Waals surface area (Å²) in [5.41, 5.74) is 1.04. The zero-order valence-corrected chi connectivity index (χ0v) is 8.52. The van der Waals surface area contributed by atoms with Gasteiger partial charge in [-0.1, -0.05) is 43.5 Å². The Balaban J connectivity index is 2.64. The van der Waals surface area contributed by atoms with Gasteiger partial charge in [0.2, 0.25) is 0 Å². The van der Waals surface area contributed by atoms with Gasteiger partial charge in [0, 0.05) is 0 Å². The smallest absolute Gasteiger partial charge is 0.160 e. The van der Waals surface area contributed by atoms with Gasteiger partial charge in [-0.15, -0.1) is 0 Å². The van der Waals surface area contributed by atoms with E-state index in [1.807, 2.05) is 30.3 Å². The molecule has 0 spiro atoms. The molecule has 0 atom stereocenters. The predicted molar refractivity (Wildman–Crippen MR) is 61.3 cm³/mol. The van der Waals surface area contributed by atoms with E-state index in [2.05, 4.69) is 13.2 Å². The molecule has 0 aliphatic heterocycles. The number of aliphatic hydroxyl groups is 1. The standard InChI is InChI=1S/C13H14O2/c1-3-12(14)13(4-2)15-10-11-8-6-5-7-9-11/h3-9,14H,1-2,10H2/b13-12-. The van der Waals surface area contributed by atoms with Crippen LogP contribution in [0.5, 0.6) is 0 Å². The Labute approximate surface area is 89.8 Å². The minimum absolute atomic E-state index is 0.000862. The molecule has 2 heteroatoms. The molecule has 15 heavy (non-hydrogen) atoms. The molecule has 78 valence electrons. The van der Waals surface area contributed by atoms with Gasteiger partial charge in [-0.2, -0.15) is 0 Å². The van der Waals surface area contributed by atoms with E-state index in [4.69, 9.17) is 4.74 Å². The molecular weight excluding hydrogens is 188 g/mol. The van der Waals surface area contributed by atoms with E-state index in [1.165, 1.54) is 12.2 Å². The lowest BCUT2D eigenvalue weighted by Gasteiger charge is -2.07. The summed E-state index contributed by atoms with van der Waals surface area (Å²) in [5, 5.41) is 9.36. The molecule has 0 unspecified atom stereocenters. The first-order chi connectivity index (χ1) is 7.27. The molecule has 0 aliphatic rings. The van der Waals surface area contributed by atoms with Crippen LogP contribution in [0, 0.1) is 0 Å². The van der Waals surface area contributed by atoms with Crippen molar-refractivity contribution >= 4 is 0 Å². The zero-order valence-electron chi connectivity index (χ0n) is 8.52. The fourth-order valence-corrected chi connectivity index (χ4v) is 1.07. The number of hydrogen-bond acceptors (Lipinski definition) is 2. The first-order valence-corrected chi connectivity index (χ1v) is 4.62. The molecular formula is C13H14O2. The van der Waals surface area contributed by atoms with Crippen molar-refractivity contribution in [2.24, 2.45) is 0 Å². The van der Waals surface area contributed by atoms with E-state index in [9.17, 15) is 5.11 Å². The second-order valence-corrected chi connectivity index (χ2v) is 2.93. The van der Waals surface area contributed by atoms with Crippen LogP contribution in [0.25, 0.3) is 0 Å². The van der Waals surface area contributed by atoms with E-state index < -0.39 is 0 Å². The van der Waals surface area contributed by atoms with Crippen LogP contribution in [-0.4, -0.2) is 5.11 Å². The molecule has 0 aliphatic carbocycles. The molecule has 2 nitrogen and oxygen atoms in total. The van der Waals surface area contributed by atoms with Gasteiger partial charge in [0.05, 0.1) is 0 Å². The summed E-state index contributed by atoms with van der Waals surface area (Å²) < 4.78 is 5.37. The fraction of sp³-hybridized carbons (Fsp3) is 0.0769. The first-order valence-electron chi connectivity index (χ1n) is 4.62. The van der Waals surface area contributed by atoms with Gasteiger partial charge in [0.15, 0.2) is 11.5 Å². The number of allylic oxidation sites excluding steroid dienone is 2. The monoisotopic (exact) mass is 202 g/mol. The second kappa shape index (κ2) is 5.70. The highest BCUT2D eigenvalue weighted by molar-refractivity contribution is 5.21. The zero-order chi connectivity index (χ0) is 11.1. The highest BCUT2D eigenvalue weighted by atomic mass is 16.5. The van der Waals surface area contributed by atoms with Gasteiger partial charge in [-0.3, -0.25) is 0 Å². The van der Waals surface area contributed by atoms with Crippen molar-refractivity contribution in [3.8, 4) is 0 Å². The highest BCUT2D eigenvalue weighted by Crippen LogP contribution is 2.10. The maximum absolute atomic E-state index is 9.36. The normalized spacial score (nSPS) is 11.5. The average Bonchev–Trinajstić information content (AvgIpc) is 2.31. The highest BCUT2D eigenvalue weighted by Gasteiger charge is 1.99. The van der Waals surface area contributed by atoms with Gasteiger partial charge in [-0.05, 0) is 17.7 Å². The average molecular weight is 202 g/mol. The lowest BCUT2D eigenvalue weighted by atomic mass is 10.2. The maximum Gasteiger partial charge on any atom is 0.160 e. The van der Waals surface area contributed by atoms with Gasteiger partial charge in [-0.25, -0.2) is 0 Å². The summed E-state index contributed by atoms with van der Waals surface area (Å²) in [7, 11) is 0. The predicted octanol–water partition coefficient (Wildman–Crippen LogP) is 3.34. The van der Waals surface area contributed by atoms with Crippen LogP contribution in [0.15, 0.2) is 67.2 Å². The van der Waals surface area contributed by atoms with Crippen LogP contribution in [-0.2, 0) is 11.3 Å². The summed E-state index contributed by atoms with van der Waals surface area (Å²) in [6, 6.07) is 9.71. The lowest BCUT2D eigenvalue weighted by molar-refractivity contribution is 0.194. The van der Waals surface area contributed by atoms with Gasteiger partial charge >= 0.3 is 0 Å². The van der Waals surface area contributed by atoms with Crippen LogP contribution < -0.4 is 0 Å². The third-order valence-electron chi connectivity index (χ3n) is 1.87. The number of aliphatic hydroxyl groups excluding tert-OH is 1. The fourth-order valence-electron chi connectivity index (χ4n) is 1.07. The summed E-state index contributed by atoms with van der Waals surface area (Å²) in [5.74, 6) is 0.342. The van der Waals surface area contributed by atoms with Crippen molar-refractivity contribution < 1.29 is 9.84 Å². The maximum atomic E-state index is 9.36. The third kappa shape index (κ3) is 3.35. The van der Waals surface area contributed by atoms with E-state index in [0.717, 1.165) is 5.56 Å². The molecule has 1 N–H and O–H groups in total. The molecule has 1 aromatic carbocycles. The van der Waals surface area contributed by atoms with Crippen molar-refractivity contribution in [1.82, 2.24) is 0 Å². The van der Waals surface area contributed by atoms with Crippen molar-refractivity contribution in [3.05, 3.63) is 72.7 Å². The molecule has 1 aromatic rings. The van der Waals surface area contributed by atoms with Crippen molar-refractivity contribution in [2.75, 3.05) is 0 Å². The molecule has 0 saturated carbocycles.